The van der Waals surface area contributed by atoms with Gasteiger partial charge >= 0.3 is 0 Å². The molecule has 2 aliphatic heterocycles. The van der Waals surface area contributed by atoms with Crippen molar-refractivity contribution in [1.82, 2.24) is 20.4 Å². The van der Waals surface area contributed by atoms with Crippen molar-refractivity contribution >= 4 is 11.8 Å². The Morgan fingerprint density at radius 3 is 1.28 bits per heavy atom. The molecule has 0 aromatic carbocycles. The minimum atomic E-state index is -0.240. The quantitative estimate of drug-likeness (QED) is 0.568. The number of carbonyl (C=O) groups is 2. The lowest BCUT2D eigenvalue weighted by Crippen LogP contribution is -2.58. The van der Waals surface area contributed by atoms with Crippen molar-refractivity contribution in [3.63, 3.8) is 0 Å². The van der Waals surface area contributed by atoms with Crippen LogP contribution in [0.2, 0.25) is 0 Å². The van der Waals surface area contributed by atoms with Crippen molar-refractivity contribution in [2.24, 2.45) is 10.8 Å². The average Bonchev–Trinajstić information content (AvgIpc) is 2.83. The van der Waals surface area contributed by atoms with Crippen LogP contribution in [0, 0.1) is 10.8 Å². The Morgan fingerprint density at radius 2 is 1.00 bits per heavy atom. The molecule has 178 valence electrons. The summed E-state index contributed by atoms with van der Waals surface area (Å²) in [4.78, 5) is 31.3. The summed E-state index contributed by atoms with van der Waals surface area (Å²) in [6.07, 6.45) is 13.2. The summed E-state index contributed by atoms with van der Waals surface area (Å²) in [6, 6.07) is 0.587. The topological polar surface area (TPSA) is 64.7 Å². The largest absolute Gasteiger partial charge is 0.353 e. The van der Waals surface area contributed by atoms with Crippen LogP contribution in [0.1, 0.15) is 64.2 Å². The van der Waals surface area contributed by atoms with E-state index in [2.05, 4.69) is 33.6 Å². The van der Waals surface area contributed by atoms with Gasteiger partial charge in [-0.1, -0.05) is 12.2 Å². The first-order valence-corrected chi connectivity index (χ1v) is 12.8. The Bertz CT molecular complexity index is 620. The second kappa shape index (κ2) is 10.1. The van der Waals surface area contributed by atoms with Gasteiger partial charge in [0.2, 0.25) is 11.8 Å². The van der Waals surface area contributed by atoms with Gasteiger partial charge in [-0.15, -0.1) is 13.2 Å². The summed E-state index contributed by atoms with van der Waals surface area (Å²) in [7, 11) is 0. The first-order valence-electron chi connectivity index (χ1n) is 12.8. The van der Waals surface area contributed by atoms with Crippen molar-refractivity contribution in [2.45, 2.75) is 76.3 Å². The summed E-state index contributed by atoms with van der Waals surface area (Å²) >= 11 is 0. The maximum Gasteiger partial charge on any atom is 0.226 e. The van der Waals surface area contributed by atoms with Crippen molar-refractivity contribution in [1.29, 1.82) is 0 Å². The van der Waals surface area contributed by atoms with Gasteiger partial charge in [0.1, 0.15) is 0 Å². The molecule has 2 amide bonds. The van der Waals surface area contributed by atoms with Gasteiger partial charge in [0.05, 0.1) is 0 Å². The number of amides is 2. The number of piperidine rings is 2. The van der Waals surface area contributed by atoms with E-state index in [0.717, 1.165) is 103 Å². The van der Waals surface area contributed by atoms with E-state index in [9.17, 15) is 9.59 Å². The van der Waals surface area contributed by atoms with E-state index in [1.807, 2.05) is 12.2 Å². The third-order valence-corrected chi connectivity index (χ3v) is 8.83. The fourth-order valence-electron chi connectivity index (χ4n) is 6.43. The zero-order valence-corrected chi connectivity index (χ0v) is 19.7. The maximum absolute atomic E-state index is 13.3. The highest BCUT2D eigenvalue weighted by molar-refractivity contribution is 5.87. The Morgan fingerprint density at radius 1 is 0.688 bits per heavy atom. The van der Waals surface area contributed by atoms with Crippen LogP contribution in [0.4, 0.5) is 0 Å². The lowest BCUT2D eigenvalue weighted by atomic mass is 9.53. The molecule has 0 unspecified atom stereocenters. The zero-order chi connectivity index (χ0) is 22.6. The molecule has 0 spiro atoms. The van der Waals surface area contributed by atoms with Gasteiger partial charge in [0.15, 0.2) is 0 Å². The van der Waals surface area contributed by atoms with Gasteiger partial charge < -0.3 is 10.6 Å². The van der Waals surface area contributed by atoms with E-state index >= 15 is 0 Å². The standard InChI is InChI=1S/C26H42N4O2/c1-3-15-29-17-5-21(6-18-29)27-23(31)25-9-12-26(13-10-25,14-11-25)24(32)28-22-7-19-30(16-4-2)20-8-22/h3-4,21-22H,1-2,5-20H2,(H,27,31)(H,28,32). The third-order valence-electron chi connectivity index (χ3n) is 8.83. The second-order valence-corrected chi connectivity index (χ2v) is 10.7. The van der Waals surface area contributed by atoms with E-state index < -0.39 is 0 Å². The second-order valence-electron chi connectivity index (χ2n) is 10.7. The molecule has 0 atom stereocenters. The lowest BCUT2D eigenvalue weighted by molar-refractivity contribution is -0.151. The van der Waals surface area contributed by atoms with Crippen LogP contribution in [-0.2, 0) is 9.59 Å². The molecule has 3 aliphatic carbocycles. The molecule has 32 heavy (non-hydrogen) atoms. The minimum absolute atomic E-state index is 0.240. The van der Waals surface area contributed by atoms with E-state index in [0.29, 0.717) is 12.1 Å². The number of hydrogen-bond acceptors (Lipinski definition) is 4. The summed E-state index contributed by atoms with van der Waals surface area (Å²) in [5.74, 6) is 0.505. The van der Waals surface area contributed by atoms with Gasteiger partial charge in [-0.05, 0) is 64.2 Å². The SMILES string of the molecule is C=CCN1CCC(NC(=O)C23CCC(C(=O)NC4CCN(CC=C)CC4)(CC2)CC3)CC1. The number of nitrogens with zero attached hydrogens (tertiary/aromatic N) is 2. The van der Waals surface area contributed by atoms with E-state index in [4.69, 9.17) is 0 Å². The average molecular weight is 443 g/mol. The highest BCUT2D eigenvalue weighted by atomic mass is 16.2. The lowest BCUT2D eigenvalue weighted by Gasteiger charge is -2.52. The van der Waals surface area contributed by atoms with Crippen molar-refractivity contribution in [3.8, 4) is 0 Å². The normalized spacial score (nSPS) is 32.4. The number of hydrogen-bond donors (Lipinski definition) is 2. The summed E-state index contributed by atoms with van der Waals surface area (Å²) in [6.45, 7) is 13.6. The predicted octanol–water partition coefficient (Wildman–Crippen LogP) is 2.86. The molecule has 6 heteroatoms. The monoisotopic (exact) mass is 442 g/mol. The molecule has 5 aliphatic rings. The number of rotatable bonds is 8. The van der Waals surface area contributed by atoms with Gasteiger partial charge in [0, 0.05) is 62.2 Å². The molecule has 6 nitrogen and oxygen atoms in total. The summed E-state index contributed by atoms with van der Waals surface area (Å²) in [5, 5.41) is 6.77. The molecule has 0 radical (unpaired) electrons. The van der Waals surface area contributed by atoms with Crippen LogP contribution in [0.25, 0.3) is 0 Å². The highest BCUT2D eigenvalue weighted by Gasteiger charge is 2.55. The molecule has 2 saturated heterocycles. The smallest absolute Gasteiger partial charge is 0.226 e. The van der Waals surface area contributed by atoms with Gasteiger partial charge in [0.25, 0.3) is 0 Å². The molecule has 3 saturated carbocycles. The van der Waals surface area contributed by atoms with Crippen molar-refractivity contribution in [2.75, 3.05) is 39.3 Å². The Kier molecular flexibility index (Phi) is 7.40. The number of fused-ring (bicyclic) bond motifs is 3. The van der Waals surface area contributed by atoms with Crippen LogP contribution in [0.3, 0.4) is 0 Å². The molecular formula is C26H42N4O2. The molecule has 2 N–H and O–H groups in total. The van der Waals surface area contributed by atoms with Gasteiger partial charge in [-0.25, -0.2) is 0 Å². The fourth-order valence-corrected chi connectivity index (χ4v) is 6.43. The molecule has 0 aromatic heterocycles. The molecule has 0 aromatic rings. The van der Waals surface area contributed by atoms with Gasteiger partial charge in [-0.3, -0.25) is 19.4 Å². The van der Waals surface area contributed by atoms with E-state index in [1.54, 1.807) is 0 Å². The van der Waals surface area contributed by atoms with Crippen LogP contribution >= 0.6 is 0 Å². The van der Waals surface area contributed by atoms with Crippen molar-refractivity contribution in [3.05, 3.63) is 25.3 Å². The molecular weight excluding hydrogens is 400 g/mol. The Balaban J connectivity index is 1.25. The summed E-state index contributed by atoms with van der Waals surface area (Å²) < 4.78 is 0. The minimum Gasteiger partial charge on any atom is -0.353 e. The third kappa shape index (κ3) is 4.96. The predicted molar refractivity (Wildman–Crippen MR) is 128 cm³/mol. The molecule has 2 bridgehead atoms. The maximum atomic E-state index is 13.3. The molecule has 2 heterocycles. The van der Waals surface area contributed by atoms with Gasteiger partial charge in [-0.2, -0.15) is 0 Å². The summed E-state index contributed by atoms with van der Waals surface area (Å²) in [5.41, 5.74) is -0.480. The van der Waals surface area contributed by atoms with E-state index in [-0.39, 0.29) is 22.6 Å². The van der Waals surface area contributed by atoms with Crippen LogP contribution < -0.4 is 10.6 Å². The van der Waals surface area contributed by atoms with E-state index in [1.165, 1.54) is 0 Å². The number of nitrogens with one attached hydrogen (secondary N) is 2. The van der Waals surface area contributed by atoms with Crippen LogP contribution in [-0.4, -0.2) is 73.0 Å². The van der Waals surface area contributed by atoms with Crippen molar-refractivity contribution < 1.29 is 9.59 Å². The zero-order valence-electron chi connectivity index (χ0n) is 19.7. The Labute approximate surface area is 193 Å². The Hall–Kier alpha value is -1.66. The number of carbonyl (C=O) groups excluding carboxylic acids is 2. The highest BCUT2D eigenvalue weighted by Crippen LogP contribution is 2.57. The van der Waals surface area contributed by atoms with Crippen LogP contribution in [0.15, 0.2) is 25.3 Å². The first-order chi connectivity index (χ1) is 15.5. The first kappa shape index (κ1) is 23.5. The van der Waals surface area contributed by atoms with Crippen LogP contribution in [0.5, 0.6) is 0 Å². The molecule has 5 rings (SSSR count). The molecule has 5 fully saturated rings. The fraction of sp³-hybridized carbons (Fsp3) is 0.769. The number of likely N-dealkylation sites (tertiary alicyclic amines) is 2.